The number of piperazine rings is 1. The van der Waals surface area contributed by atoms with Gasteiger partial charge in [-0.2, -0.15) is 10.4 Å². The van der Waals surface area contributed by atoms with E-state index in [9.17, 15) is 5.26 Å². The van der Waals surface area contributed by atoms with Crippen LogP contribution in [0.5, 0.6) is 0 Å². The van der Waals surface area contributed by atoms with E-state index in [2.05, 4.69) is 49.2 Å². The molecule has 184 valence electrons. The van der Waals surface area contributed by atoms with Gasteiger partial charge < -0.3 is 10.6 Å². The number of nitrogens with two attached hydrogens (primary N) is 1. The first-order valence-electron chi connectivity index (χ1n) is 12.1. The summed E-state index contributed by atoms with van der Waals surface area (Å²) in [6, 6.07) is 12.5. The molecular formula is C27H26N10. The lowest BCUT2D eigenvalue weighted by atomic mass is 10.0. The molecule has 0 saturated carbocycles. The molecular weight excluding hydrogens is 464 g/mol. The Hall–Kier alpha value is -4.75. The molecule has 10 heteroatoms. The average molecular weight is 491 g/mol. The molecule has 0 bridgehead atoms. The average Bonchev–Trinajstić information content (AvgIpc) is 3.51. The van der Waals surface area contributed by atoms with Gasteiger partial charge in [0.1, 0.15) is 17.5 Å². The lowest BCUT2D eigenvalue weighted by molar-refractivity contribution is 0.249. The third-order valence-electron chi connectivity index (χ3n) is 6.81. The zero-order valence-corrected chi connectivity index (χ0v) is 20.5. The summed E-state index contributed by atoms with van der Waals surface area (Å²) in [5, 5.41) is 18.5. The van der Waals surface area contributed by atoms with Gasteiger partial charge in [-0.1, -0.05) is 0 Å². The third kappa shape index (κ3) is 4.37. The lowest BCUT2D eigenvalue weighted by Crippen LogP contribution is -2.46. The molecule has 37 heavy (non-hydrogen) atoms. The van der Waals surface area contributed by atoms with Crippen LogP contribution >= 0.6 is 0 Å². The fourth-order valence-electron chi connectivity index (χ4n) is 4.87. The summed E-state index contributed by atoms with van der Waals surface area (Å²) < 4.78 is 3.44. The van der Waals surface area contributed by atoms with Crippen molar-refractivity contribution in [1.29, 1.82) is 5.26 Å². The van der Waals surface area contributed by atoms with Crippen LogP contribution in [0.4, 0.5) is 11.6 Å². The Balaban J connectivity index is 1.27. The highest BCUT2D eigenvalue weighted by molar-refractivity contribution is 5.90. The number of rotatable bonds is 5. The maximum atomic E-state index is 9.77. The summed E-state index contributed by atoms with van der Waals surface area (Å²) in [6.07, 6.45) is 11.2. The number of hydrogen-bond donors (Lipinski definition) is 1. The van der Waals surface area contributed by atoms with Gasteiger partial charge in [-0.25, -0.2) is 9.50 Å². The molecule has 1 aliphatic rings. The van der Waals surface area contributed by atoms with E-state index >= 15 is 0 Å². The van der Waals surface area contributed by atoms with Crippen LogP contribution in [0.25, 0.3) is 27.8 Å². The van der Waals surface area contributed by atoms with Crippen LogP contribution in [0.2, 0.25) is 0 Å². The Labute approximate surface area is 214 Å². The van der Waals surface area contributed by atoms with Gasteiger partial charge >= 0.3 is 0 Å². The number of aromatic nitrogens is 6. The predicted molar refractivity (Wildman–Crippen MR) is 141 cm³/mol. The molecule has 0 unspecified atom stereocenters. The van der Waals surface area contributed by atoms with Crippen molar-refractivity contribution in [3.8, 4) is 28.3 Å². The SMILES string of the molecule is Cn1cc(-c2cc(-c3ccc(N4CCN(Cc5ccncc5)CC4)nc3)c3c(C#N)c(N)nn3c2)cn1. The molecule has 0 aliphatic carbocycles. The minimum absolute atomic E-state index is 0.210. The largest absolute Gasteiger partial charge is 0.381 e. The van der Waals surface area contributed by atoms with Gasteiger partial charge in [-0.05, 0) is 35.9 Å². The van der Waals surface area contributed by atoms with Crippen molar-refractivity contribution in [3.05, 3.63) is 78.6 Å². The number of fused-ring (bicyclic) bond motifs is 1. The van der Waals surface area contributed by atoms with E-state index in [1.165, 1.54) is 5.56 Å². The Morgan fingerprint density at radius 2 is 1.78 bits per heavy atom. The first-order valence-corrected chi connectivity index (χ1v) is 12.1. The van der Waals surface area contributed by atoms with Crippen molar-refractivity contribution >= 4 is 17.2 Å². The molecule has 0 amide bonds. The molecule has 10 nitrogen and oxygen atoms in total. The highest BCUT2D eigenvalue weighted by Crippen LogP contribution is 2.34. The van der Waals surface area contributed by atoms with Crippen molar-refractivity contribution in [2.75, 3.05) is 36.8 Å². The number of nitrogens with zero attached hydrogens (tertiary/aromatic N) is 9. The first kappa shape index (κ1) is 22.7. The molecule has 5 aromatic heterocycles. The number of aryl methyl sites for hydroxylation is 1. The van der Waals surface area contributed by atoms with E-state index < -0.39 is 0 Å². The van der Waals surface area contributed by atoms with Gasteiger partial charge in [0.2, 0.25) is 0 Å². The van der Waals surface area contributed by atoms with Crippen LogP contribution < -0.4 is 10.6 Å². The zero-order valence-electron chi connectivity index (χ0n) is 20.5. The second kappa shape index (κ2) is 9.37. The van der Waals surface area contributed by atoms with Crippen LogP contribution in [-0.4, -0.2) is 60.4 Å². The predicted octanol–water partition coefficient (Wildman–Crippen LogP) is 2.97. The van der Waals surface area contributed by atoms with E-state index in [0.717, 1.165) is 60.8 Å². The van der Waals surface area contributed by atoms with Crippen molar-refractivity contribution in [2.24, 2.45) is 7.05 Å². The number of nitrogen functional groups attached to an aromatic ring is 1. The molecule has 6 rings (SSSR count). The van der Waals surface area contributed by atoms with Gasteiger partial charge in [0.25, 0.3) is 0 Å². The molecule has 1 saturated heterocycles. The van der Waals surface area contributed by atoms with Gasteiger partial charge in [0.15, 0.2) is 5.82 Å². The molecule has 1 fully saturated rings. The highest BCUT2D eigenvalue weighted by Gasteiger charge is 2.20. The fourth-order valence-corrected chi connectivity index (χ4v) is 4.87. The van der Waals surface area contributed by atoms with Crippen LogP contribution in [0.15, 0.2) is 67.5 Å². The number of nitriles is 1. The van der Waals surface area contributed by atoms with E-state index in [1.807, 2.05) is 50.2 Å². The third-order valence-corrected chi connectivity index (χ3v) is 6.81. The van der Waals surface area contributed by atoms with Crippen LogP contribution in [0.1, 0.15) is 11.1 Å². The molecule has 1 aliphatic heterocycles. The molecule has 0 aromatic carbocycles. The van der Waals surface area contributed by atoms with Crippen molar-refractivity contribution in [3.63, 3.8) is 0 Å². The quantitative estimate of drug-likeness (QED) is 0.400. The van der Waals surface area contributed by atoms with E-state index in [0.29, 0.717) is 11.1 Å². The Morgan fingerprint density at radius 3 is 2.46 bits per heavy atom. The van der Waals surface area contributed by atoms with Gasteiger partial charge in [0, 0.05) is 93.0 Å². The van der Waals surface area contributed by atoms with Crippen molar-refractivity contribution in [2.45, 2.75) is 6.54 Å². The summed E-state index contributed by atoms with van der Waals surface area (Å²) in [4.78, 5) is 13.7. The Kier molecular flexibility index (Phi) is 5.75. The maximum Gasteiger partial charge on any atom is 0.164 e. The zero-order chi connectivity index (χ0) is 25.4. The molecule has 6 heterocycles. The fraction of sp³-hybridized carbons (Fsp3) is 0.222. The standard InChI is InChI=1S/C27H26N10/c1-34-17-22(15-32-34)21-12-23(26-24(13-28)27(29)33-37(26)18-21)20-2-3-25(31-14-20)36-10-8-35(9-11-36)16-19-4-6-30-7-5-19/h2-7,12,14-15,17-18H,8-11,16H2,1H3,(H2,29,33). The van der Waals surface area contributed by atoms with Crippen LogP contribution in [0, 0.1) is 11.3 Å². The summed E-state index contributed by atoms with van der Waals surface area (Å²) in [5.41, 5.74) is 12.0. The Bertz CT molecular complexity index is 1590. The second-order valence-electron chi connectivity index (χ2n) is 9.23. The number of hydrogen-bond acceptors (Lipinski definition) is 8. The Morgan fingerprint density at radius 1 is 0.973 bits per heavy atom. The monoisotopic (exact) mass is 490 g/mol. The van der Waals surface area contributed by atoms with Crippen LogP contribution in [0.3, 0.4) is 0 Å². The molecule has 5 aromatic rings. The van der Waals surface area contributed by atoms with Crippen molar-refractivity contribution in [1.82, 2.24) is 34.3 Å². The highest BCUT2D eigenvalue weighted by atomic mass is 15.3. The van der Waals surface area contributed by atoms with Crippen molar-refractivity contribution < 1.29 is 0 Å². The molecule has 0 spiro atoms. The number of anilines is 2. The lowest BCUT2D eigenvalue weighted by Gasteiger charge is -2.35. The van der Waals surface area contributed by atoms with Crippen LogP contribution in [-0.2, 0) is 13.6 Å². The number of pyridine rings is 3. The normalized spacial score (nSPS) is 14.2. The molecule has 0 radical (unpaired) electrons. The second-order valence-corrected chi connectivity index (χ2v) is 9.23. The molecule has 2 N–H and O–H groups in total. The summed E-state index contributed by atoms with van der Waals surface area (Å²) in [7, 11) is 1.88. The minimum atomic E-state index is 0.210. The van der Waals surface area contributed by atoms with E-state index in [1.54, 1.807) is 15.4 Å². The topological polar surface area (TPSA) is 117 Å². The van der Waals surface area contributed by atoms with Gasteiger partial charge in [-0.15, -0.1) is 5.10 Å². The van der Waals surface area contributed by atoms with E-state index in [-0.39, 0.29) is 5.82 Å². The van der Waals surface area contributed by atoms with Gasteiger partial charge in [0.05, 0.1) is 11.7 Å². The summed E-state index contributed by atoms with van der Waals surface area (Å²) >= 11 is 0. The maximum absolute atomic E-state index is 9.77. The minimum Gasteiger partial charge on any atom is -0.381 e. The molecule has 0 atom stereocenters. The smallest absolute Gasteiger partial charge is 0.164 e. The summed E-state index contributed by atoms with van der Waals surface area (Å²) in [6.45, 7) is 4.70. The summed E-state index contributed by atoms with van der Waals surface area (Å²) in [5.74, 6) is 1.15. The van der Waals surface area contributed by atoms with Gasteiger partial charge in [-0.3, -0.25) is 14.6 Å². The van der Waals surface area contributed by atoms with E-state index in [4.69, 9.17) is 10.7 Å². The first-order chi connectivity index (χ1) is 18.1.